The molecule has 0 heterocycles. The zero-order chi connectivity index (χ0) is 25.3. The Morgan fingerprint density at radius 2 is 1.70 bits per heavy atom. The van der Waals surface area contributed by atoms with Crippen molar-refractivity contribution in [3.05, 3.63) is 24.3 Å². The highest BCUT2D eigenvalue weighted by Crippen LogP contribution is 2.36. The number of hydrogen-bond donors (Lipinski definition) is 8. The van der Waals surface area contributed by atoms with Gasteiger partial charge in [-0.25, -0.2) is 0 Å². The van der Waals surface area contributed by atoms with Gasteiger partial charge in [0.15, 0.2) is 0 Å². The lowest BCUT2D eigenvalue weighted by molar-refractivity contribution is -0.137. The lowest BCUT2D eigenvalue weighted by Crippen LogP contribution is -2.50. The molecule has 0 bridgehead atoms. The van der Waals surface area contributed by atoms with Crippen molar-refractivity contribution in [2.45, 2.75) is 88.6 Å². The SMILES string of the molecule is CCCCC[C@H](O)C=C[C@@H]1[C@H](CC=CCCCC(=O)O)[C@@H](O)C[C@H]1O.NC(CO)(CO)CO. The summed E-state index contributed by atoms with van der Waals surface area (Å²) in [5, 5.41) is 64.0. The normalized spacial score (nSPS) is 24.2. The van der Waals surface area contributed by atoms with E-state index in [1.54, 1.807) is 6.08 Å². The Labute approximate surface area is 197 Å². The first-order valence-corrected chi connectivity index (χ1v) is 11.8. The largest absolute Gasteiger partial charge is 0.481 e. The average molecular weight is 476 g/mol. The monoisotopic (exact) mass is 475 g/mol. The van der Waals surface area contributed by atoms with E-state index in [1.165, 1.54) is 0 Å². The van der Waals surface area contributed by atoms with E-state index < -0.39 is 49.6 Å². The molecule has 194 valence electrons. The van der Waals surface area contributed by atoms with Crippen LogP contribution in [0.5, 0.6) is 0 Å². The van der Waals surface area contributed by atoms with Gasteiger partial charge in [0, 0.05) is 18.8 Å². The topological polar surface area (TPSA) is 185 Å². The van der Waals surface area contributed by atoms with Crippen LogP contribution in [-0.4, -0.2) is 85.4 Å². The lowest BCUT2D eigenvalue weighted by atomic mass is 9.89. The van der Waals surface area contributed by atoms with Crippen LogP contribution in [0, 0.1) is 11.8 Å². The Morgan fingerprint density at radius 3 is 2.21 bits per heavy atom. The zero-order valence-corrected chi connectivity index (χ0v) is 19.8. The predicted molar refractivity (Wildman–Crippen MR) is 126 cm³/mol. The highest BCUT2D eigenvalue weighted by molar-refractivity contribution is 5.66. The number of aliphatic hydroxyl groups excluding tert-OH is 6. The standard InChI is InChI=1S/C20H34O5.C4H11NO3/c1-2-3-6-9-15(21)12-13-17-16(18(22)14-19(17)23)10-7-4-5-8-11-20(24)25;5-4(1-6,2-7)3-8/h4,7,12-13,15-19,21-23H,2-3,5-6,8-11,14H2,1H3,(H,24,25);6-8H,1-3,5H2/t15-,16-,17+,18-,19+;/m0./s1. The third kappa shape index (κ3) is 13.8. The zero-order valence-electron chi connectivity index (χ0n) is 19.8. The van der Waals surface area contributed by atoms with E-state index in [0.717, 1.165) is 25.7 Å². The molecule has 1 aliphatic carbocycles. The Hall–Kier alpha value is -1.33. The smallest absolute Gasteiger partial charge is 0.303 e. The number of nitrogens with two attached hydrogens (primary N) is 1. The number of rotatable bonds is 15. The maximum absolute atomic E-state index is 10.5. The summed E-state index contributed by atoms with van der Waals surface area (Å²) in [7, 11) is 0. The van der Waals surface area contributed by atoms with Crippen molar-refractivity contribution in [1.82, 2.24) is 0 Å². The Morgan fingerprint density at radius 1 is 1.06 bits per heavy atom. The first-order valence-electron chi connectivity index (χ1n) is 11.8. The molecule has 1 rings (SSSR count). The van der Waals surface area contributed by atoms with Gasteiger partial charge in [-0.1, -0.05) is 50.5 Å². The summed E-state index contributed by atoms with van der Waals surface area (Å²) >= 11 is 0. The van der Waals surface area contributed by atoms with Gasteiger partial charge in [-0.3, -0.25) is 4.79 Å². The molecule has 0 amide bonds. The molecular weight excluding hydrogens is 430 g/mol. The van der Waals surface area contributed by atoms with Crippen LogP contribution in [0.1, 0.15) is 64.7 Å². The number of aliphatic carboxylic acids is 1. The molecule has 0 aromatic heterocycles. The third-order valence-electron chi connectivity index (χ3n) is 5.86. The fourth-order valence-electron chi connectivity index (χ4n) is 3.56. The number of allylic oxidation sites excluding steroid dienone is 2. The summed E-state index contributed by atoms with van der Waals surface area (Å²) in [5.74, 6) is -1.00. The molecule has 0 spiro atoms. The van der Waals surface area contributed by atoms with Crippen LogP contribution in [0.2, 0.25) is 0 Å². The summed E-state index contributed by atoms with van der Waals surface area (Å²) < 4.78 is 0. The van der Waals surface area contributed by atoms with E-state index in [1.807, 2.05) is 18.2 Å². The third-order valence-corrected chi connectivity index (χ3v) is 5.86. The summed E-state index contributed by atoms with van der Waals surface area (Å²) in [4.78, 5) is 10.5. The summed E-state index contributed by atoms with van der Waals surface area (Å²) in [6.07, 6.45) is 12.3. The van der Waals surface area contributed by atoms with Crippen LogP contribution in [0.25, 0.3) is 0 Å². The number of carbonyl (C=O) groups is 1. The number of carboxylic acid groups (broad SMARTS) is 1. The molecular formula is C24H45NO8. The van der Waals surface area contributed by atoms with E-state index in [-0.39, 0.29) is 18.3 Å². The molecule has 1 aliphatic rings. The van der Waals surface area contributed by atoms with Gasteiger partial charge in [0.25, 0.3) is 0 Å². The second-order valence-corrected chi connectivity index (χ2v) is 8.89. The second kappa shape index (κ2) is 18.1. The van der Waals surface area contributed by atoms with Crippen LogP contribution in [0.3, 0.4) is 0 Å². The van der Waals surface area contributed by atoms with Crippen molar-refractivity contribution in [2.75, 3.05) is 19.8 Å². The van der Waals surface area contributed by atoms with Gasteiger partial charge in [-0.05, 0) is 31.6 Å². The van der Waals surface area contributed by atoms with Gasteiger partial charge >= 0.3 is 5.97 Å². The van der Waals surface area contributed by atoms with Crippen LogP contribution in [0.4, 0.5) is 0 Å². The Kier molecular flexibility index (Phi) is 17.3. The van der Waals surface area contributed by atoms with Gasteiger partial charge in [0.2, 0.25) is 0 Å². The van der Waals surface area contributed by atoms with E-state index >= 15 is 0 Å². The van der Waals surface area contributed by atoms with E-state index in [4.69, 9.17) is 26.2 Å². The van der Waals surface area contributed by atoms with Gasteiger partial charge in [0.1, 0.15) is 0 Å². The molecule has 0 saturated heterocycles. The van der Waals surface area contributed by atoms with Gasteiger partial charge in [-0.15, -0.1) is 0 Å². The molecule has 5 atom stereocenters. The van der Waals surface area contributed by atoms with Gasteiger partial charge in [-0.2, -0.15) is 0 Å². The van der Waals surface area contributed by atoms with Crippen LogP contribution >= 0.6 is 0 Å². The Bertz CT molecular complexity index is 556. The second-order valence-electron chi connectivity index (χ2n) is 8.89. The van der Waals surface area contributed by atoms with Crippen LogP contribution < -0.4 is 5.73 Å². The van der Waals surface area contributed by atoms with Crippen molar-refractivity contribution < 1.29 is 40.5 Å². The van der Waals surface area contributed by atoms with E-state index in [0.29, 0.717) is 25.7 Å². The van der Waals surface area contributed by atoms with Crippen molar-refractivity contribution in [3.8, 4) is 0 Å². The molecule has 9 nitrogen and oxygen atoms in total. The molecule has 0 aliphatic heterocycles. The van der Waals surface area contributed by atoms with Crippen molar-refractivity contribution in [2.24, 2.45) is 17.6 Å². The molecule has 0 aromatic carbocycles. The molecule has 9 N–H and O–H groups in total. The van der Waals surface area contributed by atoms with Gasteiger partial charge in [0.05, 0.1) is 43.7 Å². The molecule has 9 heteroatoms. The Balaban J connectivity index is 0.00000109. The molecule has 1 saturated carbocycles. The van der Waals surface area contributed by atoms with Crippen molar-refractivity contribution in [1.29, 1.82) is 0 Å². The molecule has 0 aromatic rings. The van der Waals surface area contributed by atoms with E-state index in [9.17, 15) is 20.1 Å². The quantitative estimate of drug-likeness (QED) is 0.125. The van der Waals surface area contributed by atoms with Crippen molar-refractivity contribution in [3.63, 3.8) is 0 Å². The number of carboxylic acids is 1. The van der Waals surface area contributed by atoms with Crippen LogP contribution in [-0.2, 0) is 4.79 Å². The minimum Gasteiger partial charge on any atom is -0.481 e. The lowest BCUT2D eigenvalue weighted by Gasteiger charge is -2.20. The minimum absolute atomic E-state index is 0.0650. The molecule has 0 radical (unpaired) electrons. The fourth-order valence-corrected chi connectivity index (χ4v) is 3.56. The first kappa shape index (κ1) is 31.7. The number of hydrogen-bond acceptors (Lipinski definition) is 8. The maximum Gasteiger partial charge on any atom is 0.303 e. The summed E-state index contributed by atoms with van der Waals surface area (Å²) in [6.45, 7) is 0.915. The van der Waals surface area contributed by atoms with Crippen molar-refractivity contribution >= 4 is 5.97 Å². The summed E-state index contributed by atoms with van der Waals surface area (Å²) in [5.41, 5.74) is 3.94. The fraction of sp³-hybridized carbons (Fsp3) is 0.792. The molecule has 1 fully saturated rings. The van der Waals surface area contributed by atoms with Gasteiger partial charge < -0.3 is 41.5 Å². The maximum atomic E-state index is 10.5. The summed E-state index contributed by atoms with van der Waals surface area (Å²) in [6, 6.07) is 0. The first-order chi connectivity index (χ1) is 15.6. The van der Waals surface area contributed by atoms with Crippen LogP contribution in [0.15, 0.2) is 24.3 Å². The molecule has 0 unspecified atom stereocenters. The minimum atomic E-state index is -1.21. The number of unbranched alkanes of at least 4 members (excludes halogenated alkanes) is 3. The van der Waals surface area contributed by atoms with E-state index in [2.05, 4.69) is 6.92 Å². The highest BCUT2D eigenvalue weighted by atomic mass is 16.4. The predicted octanol–water partition coefficient (Wildman–Crippen LogP) is 0.704. The number of aliphatic hydroxyl groups is 6. The average Bonchev–Trinajstić information content (AvgIpc) is 3.06. The molecule has 33 heavy (non-hydrogen) atoms. The highest BCUT2D eigenvalue weighted by Gasteiger charge is 2.39.